The smallest absolute Gasteiger partial charge is 0.0703 e. The average Bonchev–Trinajstić information content (AvgIpc) is 2.46. The zero-order chi connectivity index (χ0) is 8.81. The van der Waals surface area contributed by atoms with Gasteiger partial charge in [0.05, 0.1) is 7.85 Å². The van der Waals surface area contributed by atoms with E-state index in [0.717, 1.165) is 5.92 Å². The van der Waals surface area contributed by atoms with E-state index in [1.807, 2.05) is 0 Å². The van der Waals surface area contributed by atoms with Gasteiger partial charge in [0.15, 0.2) is 0 Å². The van der Waals surface area contributed by atoms with Crippen LogP contribution >= 0.6 is 0 Å². The van der Waals surface area contributed by atoms with Gasteiger partial charge in [0.1, 0.15) is 0 Å². The average molecular weight is 162 g/mol. The van der Waals surface area contributed by atoms with Crippen molar-refractivity contribution in [3.63, 3.8) is 0 Å². The molecule has 1 aliphatic carbocycles. The largest absolute Gasteiger partial charge is 0.0885 e. The predicted molar refractivity (Wildman–Crippen MR) is 55.5 cm³/mol. The van der Waals surface area contributed by atoms with Gasteiger partial charge in [-0.2, -0.15) is 0 Å². The molecule has 66 valence electrons. The molecule has 0 heterocycles. The molecular formula is C11H19B. The first-order valence-corrected chi connectivity index (χ1v) is 5.25. The van der Waals surface area contributed by atoms with Gasteiger partial charge in [-0.1, -0.05) is 50.6 Å². The third kappa shape index (κ3) is 3.04. The first-order valence-electron chi connectivity index (χ1n) is 5.25. The molecule has 0 spiro atoms. The van der Waals surface area contributed by atoms with Crippen LogP contribution in [-0.2, 0) is 0 Å². The van der Waals surface area contributed by atoms with Crippen molar-refractivity contribution in [3.8, 4) is 0 Å². The van der Waals surface area contributed by atoms with Crippen LogP contribution in [0.4, 0.5) is 0 Å². The van der Waals surface area contributed by atoms with Crippen LogP contribution < -0.4 is 0 Å². The second-order valence-corrected chi connectivity index (χ2v) is 3.85. The summed E-state index contributed by atoms with van der Waals surface area (Å²) in [6.45, 7) is 2.21. The van der Waals surface area contributed by atoms with Gasteiger partial charge in [-0.15, -0.1) is 0 Å². The summed E-state index contributed by atoms with van der Waals surface area (Å²) in [5, 5.41) is 0. The minimum atomic E-state index is 0.483. The summed E-state index contributed by atoms with van der Waals surface area (Å²) in [6, 6.07) is 0. The molecule has 0 aromatic carbocycles. The third-order valence-electron chi connectivity index (χ3n) is 2.78. The van der Waals surface area contributed by atoms with Crippen LogP contribution in [0.15, 0.2) is 12.2 Å². The molecule has 0 saturated heterocycles. The summed E-state index contributed by atoms with van der Waals surface area (Å²) >= 11 is 0. The summed E-state index contributed by atoms with van der Waals surface area (Å²) in [5.41, 5.74) is 0. The summed E-state index contributed by atoms with van der Waals surface area (Å²) < 4.78 is 0. The molecule has 2 unspecified atom stereocenters. The Labute approximate surface area is 77.8 Å². The normalized spacial score (nSPS) is 30.1. The zero-order valence-electron chi connectivity index (χ0n) is 8.13. The molecule has 0 N–H and O–H groups in total. The highest BCUT2D eigenvalue weighted by molar-refractivity contribution is 6.12. The maximum Gasteiger partial charge on any atom is 0.0703 e. The fourth-order valence-corrected chi connectivity index (χ4v) is 1.91. The Balaban J connectivity index is 2.13. The second kappa shape index (κ2) is 5.45. The highest BCUT2D eigenvalue weighted by Crippen LogP contribution is 2.36. The molecule has 0 bridgehead atoms. The van der Waals surface area contributed by atoms with E-state index < -0.39 is 0 Å². The van der Waals surface area contributed by atoms with E-state index >= 15 is 0 Å². The van der Waals surface area contributed by atoms with Gasteiger partial charge in [-0.05, 0) is 18.8 Å². The SMILES string of the molecule is [B]C1CCCC1C/C=C\CCC. The Morgan fingerprint density at radius 1 is 1.33 bits per heavy atom. The van der Waals surface area contributed by atoms with E-state index in [1.165, 1.54) is 38.5 Å². The Bertz CT molecular complexity index is 140. The minimum Gasteiger partial charge on any atom is -0.0885 e. The molecule has 0 aromatic rings. The van der Waals surface area contributed by atoms with Crippen molar-refractivity contribution in [3.05, 3.63) is 12.2 Å². The Morgan fingerprint density at radius 3 is 2.75 bits per heavy atom. The Morgan fingerprint density at radius 2 is 2.17 bits per heavy atom. The Hall–Kier alpha value is -0.195. The molecule has 1 fully saturated rings. The van der Waals surface area contributed by atoms with Gasteiger partial charge >= 0.3 is 0 Å². The first-order chi connectivity index (χ1) is 5.84. The van der Waals surface area contributed by atoms with E-state index in [9.17, 15) is 0 Å². The summed E-state index contributed by atoms with van der Waals surface area (Å²) in [6.07, 6.45) is 12.2. The van der Waals surface area contributed by atoms with Crippen molar-refractivity contribution in [1.82, 2.24) is 0 Å². The fraction of sp³-hybridized carbons (Fsp3) is 0.818. The Kier molecular flexibility index (Phi) is 4.49. The number of hydrogen-bond donors (Lipinski definition) is 0. The topological polar surface area (TPSA) is 0 Å². The number of unbranched alkanes of at least 4 members (excludes halogenated alkanes) is 1. The van der Waals surface area contributed by atoms with Crippen LogP contribution in [-0.4, -0.2) is 7.85 Å². The zero-order valence-corrected chi connectivity index (χ0v) is 8.13. The van der Waals surface area contributed by atoms with Crippen LogP contribution in [0.3, 0.4) is 0 Å². The van der Waals surface area contributed by atoms with Gasteiger partial charge in [0, 0.05) is 0 Å². The van der Waals surface area contributed by atoms with E-state index in [4.69, 9.17) is 7.85 Å². The molecular weight excluding hydrogens is 143 g/mol. The van der Waals surface area contributed by atoms with Crippen molar-refractivity contribution in [1.29, 1.82) is 0 Å². The molecule has 0 aliphatic heterocycles. The van der Waals surface area contributed by atoms with E-state index in [0.29, 0.717) is 5.82 Å². The van der Waals surface area contributed by atoms with Crippen LogP contribution in [0.2, 0.25) is 5.82 Å². The quantitative estimate of drug-likeness (QED) is 0.438. The van der Waals surface area contributed by atoms with Crippen molar-refractivity contribution >= 4 is 7.85 Å². The van der Waals surface area contributed by atoms with E-state index in [2.05, 4.69) is 19.1 Å². The van der Waals surface area contributed by atoms with Gasteiger partial charge < -0.3 is 0 Å². The minimum absolute atomic E-state index is 0.483. The maximum atomic E-state index is 5.96. The lowest BCUT2D eigenvalue weighted by atomic mass is 9.77. The van der Waals surface area contributed by atoms with Crippen LogP contribution in [0.5, 0.6) is 0 Å². The van der Waals surface area contributed by atoms with E-state index in [1.54, 1.807) is 0 Å². The monoisotopic (exact) mass is 162 g/mol. The van der Waals surface area contributed by atoms with Crippen molar-refractivity contribution < 1.29 is 0 Å². The molecule has 1 aliphatic rings. The van der Waals surface area contributed by atoms with Gasteiger partial charge in [-0.25, -0.2) is 0 Å². The molecule has 0 amide bonds. The van der Waals surface area contributed by atoms with Gasteiger partial charge in [-0.3, -0.25) is 0 Å². The standard InChI is InChI=1S/C11H19B/c1-2-3-4-5-7-10-8-6-9-11(10)12/h4-5,10-11H,2-3,6-9H2,1H3/b5-4-. The second-order valence-electron chi connectivity index (χ2n) is 3.85. The lowest BCUT2D eigenvalue weighted by Gasteiger charge is -2.11. The highest BCUT2D eigenvalue weighted by atomic mass is 14.2. The van der Waals surface area contributed by atoms with Crippen molar-refractivity contribution in [2.45, 2.75) is 51.3 Å². The summed E-state index contributed by atoms with van der Waals surface area (Å²) in [7, 11) is 5.96. The molecule has 2 radical (unpaired) electrons. The van der Waals surface area contributed by atoms with Crippen LogP contribution in [0, 0.1) is 5.92 Å². The highest BCUT2D eigenvalue weighted by Gasteiger charge is 2.20. The lowest BCUT2D eigenvalue weighted by Crippen LogP contribution is -1.99. The van der Waals surface area contributed by atoms with Crippen molar-refractivity contribution in [2.24, 2.45) is 5.92 Å². The summed E-state index contributed by atoms with van der Waals surface area (Å²) in [4.78, 5) is 0. The molecule has 1 heteroatoms. The molecule has 2 atom stereocenters. The molecule has 0 nitrogen and oxygen atoms in total. The van der Waals surface area contributed by atoms with Crippen LogP contribution in [0.25, 0.3) is 0 Å². The lowest BCUT2D eigenvalue weighted by molar-refractivity contribution is 0.557. The van der Waals surface area contributed by atoms with Gasteiger partial charge in [0.2, 0.25) is 0 Å². The van der Waals surface area contributed by atoms with Gasteiger partial charge in [0.25, 0.3) is 0 Å². The number of hydrogen-bond acceptors (Lipinski definition) is 0. The molecule has 0 aromatic heterocycles. The van der Waals surface area contributed by atoms with Crippen LogP contribution in [0.1, 0.15) is 45.4 Å². The molecule has 1 saturated carbocycles. The van der Waals surface area contributed by atoms with Crippen molar-refractivity contribution in [2.75, 3.05) is 0 Å². The van der Waals surface area contributed by atoms with E-state index in [-0.39, 0.29) is 0 Å². The first kappa shape index (κ1) is 9.89. The third-order valence-corrected chi connectivity index (χ3v) is 2.78. The number of allylic oxidation sites excluding steroid dienone is 2. The predicted octanol–water partition coefficient (Wildman–Crippen LogP) is 3.49. The number of rotatable bonds is 4. The molecule has 12 heavy (non-hydrogen) atoms. The summed E-state index contributed by atoms with van der Waals surface area (Å²) in [5.74, 6) is 1.26. The maximum absolute atomic E-state index is 5.96. The fourth-order valence-electron chi connectivity index (χ4n) is 1.91. The molecule has 1 rings (SSSR count).